The summed E-state index contributed by atoms with van der Waals surface area (Å²) in [5.74, 6) is -0.856. The van der Waals surface area contributed by atoms with E-state index in [1.165, 1.54) is 0 Å². The van der Waals surface area contributed by atoms with Crippen molar-refractivity contribution in [3.63, 3.8) is 0 Å². The van der Waals surface area contributed by atoms with Crippen molar-refractivity contribution < 1.29 is 13.5 Å². The maximum Gasteiger partial charge on any atom is 0.167 e. The van der Waals surface area contributed by atoms with Gasteiger partial charge in [0.05, 0.1) is 6.61 Å². The van der Waals surface area contributed by atoms with Gasteiger partial charge in [-0.05, 0) is 60.5 Å². The Morgan fingerprint density at radius 1 is 0.846 bits per heavy atom. The van der Waals surface area contributed by atoms with Crippen LogP contribution in [-0.4, -0.2) is 6.61 Å². The van der Waals surface area contributed by atoms with E-state index in [2.05, 4.69) is 6.92 Å². The fraction of sp³-hybridized carbons (Fsp3) is 0.304. The number of hydrogen-bond donors (Lipinski definition) is 0. The van der Waals surface area contributed by atoms with E-state index in [9.17, 15) is 8.78 Å². The maximum absolute atomic E-state index is 14.7. The first-order chi connectivity index (χ1) is 12.6. The molecule has 0 aliphatic carbocycles. The third kappa shape index (κ3) is 3.87. The molecular weight excluding hydrogens is 330 g/mol. The van der Waals surface area contributed by atoms with Gasteiger partial charge in [-0.1, -0.05) is 44.0 Å². The van der Waals surface area contributed by atoms with Gasteiger partial charge in [-0.15, -0.1) is 0 Å². The fourth-order valence-electron chi connectivity index (χ4n) is 3.22. The minimum atomic E-state index is -0.799. The Kier molecular flexibility index (Phi) is 5.87. The van der Waals surface area contributed by atoms with Crippen molar-refractivity contribution in [2.45, 2.75) is 39.5 Å². The van der Waals surface area contributed by atoms with Crippen LogP contribution in [0.15, 0.2) is 48.5 Å². The van der Waals surface area contributed by atoms with Crippen LogP contribution in [0, 0.1) is 11.6 Å². The number of fused-ring (bicyclic) bond motifs is 1. The lowest BCUT2D eigenvalue weighted by Crippen LogP contribution is -1.95. The summed E-state index contributed by atoms with van der Waals surface area (Å²) in [6.07, 6.45) is 4.25. The summed E-state index contributed by atoms with van der Waals surface area (Å²) in [6.45, 7) is 4.62. The molecule has 0 aromatic heterocycles. The molecule has 0 spiro atoms. The normalized spacial score (nSPS) is 11.1. The second kappa shape index (κ2) is 8.31. The van der Waals surface area contributed by atoms with Gasteiger partial charge in [0.1, 0.15) is 5.75 Å². The monoisotopic (exact) mass is 354 g/mol. The van der Waals surface area contributed by atoms with Gasteiger partial charge in [0.2, 0.25) is 0 Å². The van der Waals surface area contributed by atoms with Gasteiger partial charge < -0.3 is 4.74 Å². The number of rotatable bonds is 7. The van der Waals surface area contributed by atoms with Crippen LogP contribution >= 0.6 is 0 Å². The standard InChI is InChI=1S/C23H24F2O/c1-3-5-6-7-16-8-9-18-15-21(23(25)22(24)20(18)14-16)17-10-12-19(13-11-17)26-4-2/h8-15H,3-7H2,1-2H3. The second-order valence-corrected chi connectivity index (χ2v) is 6.52. The van der Waals surface area contributed by atoms with Gasteiger partial charge >= 0.3 is 0 Å². The van der Waals surface area contributed by atoms with Crippen molar-refractivity contribution in [2.24, 2.45) is 0 Å². The van der Waals surface area contributed by atoms with Crippen molar-refractivity contribution in [3.05, 3.63) is 65.7 Å². The molecule has 0 bridgehead atoms. The van der Waals surface area contributed by atoms with Crippen molar-refractivity contribution >= 4 is 10.8 Å². The van der Waals surface area contributed by atoms with E-state index >= 15 is 0 Å². The average molecular weight is 354 g/mol. The molecule has 3 heteroatoms. The lowest BCUT2D eigenvalue weighted by atomic mass is 9.97. The molecule has 0 saturated carbocycles. The SMILES string of the molecule is CCCCCc1ccc2cc(-c3ccc(OCC)cc3)c(F)c(F)c2c1. The van der Waals surface area contributed by atoms with Crippen LogP contribution in [0.4, 0.5) is 8.78 Å². The van der Waals surface area contributed by atoms with Gasteiger partial charge in [0, 0.05) is 10.9 Å². The zero-order chi connectivity index (χ0) is 18.5. The van der Waals surface area contributed by atoms with E-state index in [1.807, 2.05) is 19.1 Å². The second-order valence-electron chi connectivity index (χ2n) is 6.52. The first-order valence-electron chi connectivity index (χ1n) is 9.28. The van der Waals surface area contributed by atoms with E-state index in [0.717, 1.165) is 37.0 Å². The predicted molar refractivity (Wildman–Crippen MR) is 104 cm³/mol. The molecule has 0 fully saturated rings. The predicted octanol–water partition coefficient (Wildman–Crippen LogP) is 6.92. The van der Waals surface area contributed by atoms with Gasteiger partial charge in [-0.25, -0.2) is 8.78 Å². The van der Waals surface area contributed by atoms with E-state index in [-0.39, 0.29) is 5.56 Å². The van der Waals surface area contributed by atoms with Gasteiger partial charge in [0.25, 0.3) is 0 Å². The number of benzene rings is 3. The number of hydrogen-bond acceptors (Lipinski definition) is 1. The third-order valence-corrected chi connectivity index (χ3v) is 4.63. The van der Waals surface area contributed by atoms with Gasteiger partial charge in [0.15, 0.2) is 11.6 Å². The molecule has 0 radical (unpaired) electrons. The third-order valence-electron chi connectivity index (χ3n) is 4.63. The Bertz CT molecular complexity index is 885. The fourth-order valence-corrected chi connectivity index (χ4v) is 3.22. The minimum Gasteiger partial charge on any atom is -0.494 e. The number of unbranched alkanes of at least 4 members (excludes halogenated alkanes) is 2. The zero-order valence-corrected chi connectivity index (χ0v) is 15.3. The first kappa shape index (κ1) is 18.4. The first-order valence-corrected chi connectivity index (χ1v) is 9.28. The summed E-state index contributed by atoms with van der Waals surface area (Å²) in [5, 5.41) is 1.07. The molecule has 0 saturated heterocycles. The largest absolute Gasteiger partial charge is 0.494 e. The summed E-state index contributed by atoms with van der Waals surface area (Å²) in [7, 11) is 0. The number of ether oxygens (including phenoxy) is 1. The molecule has 136 valence electrons. The summed E-state index contributed by atoms with van der Waals surface area (Å²) >= 11 is 0. The highest BCUT2D eigenvalue weighted by Gasteiger charge is 2.15. The topological polar surface area (TPSA) is 9.23 Å². The molecule has 0 aliphatic rings. The Morgan fingerprint density at radius 3 is 2.31 bits per heavy atom. The smallest absolute Gasteiger partial charge is 0.167 e. The molecule has 0 unspecified atom stereocenters. The quantitative estimate of drug-likeness (QED) is 0.419. The molecule has 0 N–H and O–H groups in total. The summed E-state index contributed by atoms with van der Waals surface area (Å²) in [4.78, 5) is 0. The van der Waals surface area contributed by atoms with Crippen molar-refractivity contribution in [3.8, 4) is 16.9 Å². The summed E-state index contributed by atoms with van der Waals surface area (Å²) in [6, 6.07) is 14.5. The van der Waals surface area contributed by atoms with Crippen molar-refractivity contribution in [2.75, 3.05) is 6.61 Å². The van der Waals surface area contributed by atoms with Gasteiger partial charge in [-0.2, -0.15) is 0 Å². The highest BCUT2D eigenvalue weighted by atomic mass is 19.2. The van der Waals surface area contributed by atoms with Crippen LogP contribution in [0.2, 0.25) is 0 Å². The van der Waals surface area contributed by atoms with Crippen LogP contribution in [-0.2, 0) is 6.42 Å². The van der Waals surface area contributed by atoms with Crippen LogP contribution in [0.3, 0.4) is 0 Å². The number of aryl methyl sites for hydroxylation is 1. The van der Waals surface area contributed by atoms with E-state index in [0.29, 0.717) is 22.9 Å². The van der Waals surface area contributed by atoms with Crippen LogP contribution in [0.25, 0.3) is 21.9 Å². The van der Waals surface area contributed by atoms with E-state index in [1.54, 1.807) is 36.4 Å². The molecule has 26 heavy (non-hydrogen) atoms. The molecule has 3 aromatic rings. The van der Waals surface area contributed by atoms with Crippen LogP contribution in [0.5, 0.6) is 5.75 Å². The van der Waals surface area contributed by atoms with Gasteiger partial charge in [-0.3, -0.25) is 0 Å². The number of halogens is 2. The lowest BCUT2D eigenvalue weighted by molar-refractivity contribution is 0.340. The molecule has 3 rings (SSSR count). The molecule has 3 aromatic carbocycles. The molecular formula is C23H24F2O. The molecule has 1 nitrogen and oxygen atoms in total. The highest BCUT2D eigenvalue weighted by molar-refractivity contribution is 5.89. The average Bonchev–Trinajstić information content (AvgIpc) is 2.66. The van der Waals surface area contributed by atoms with Crippen LogP contribution in [0.1, 0.15) is 38.7 Å². The minimum absolute atomic E-state index is 0.275. The van der Waals surface area contributed by atoms with E-state index in [4.69, 9.17) is 4.74 Å². The molecule has 0 heterocycles. The molecule has 0 aliphatic heterocycles. The Labute approximate surface area is 153 Å². The van der Waals surface area contributed by atoms with E-state index < -0.39 is 11.6 Å². The molecule has 0 amide bonds. The Balaban J connectivity index is 1.97. The molecule has 0 atom stereocenters. The van der Waals surface area contributed by atoms with Crippen molar-refractivity contribution in [1.82, 2.24) is 0 Å². The highest BCUT2D eigenvalue weighted by Crippen LogP contribution is 2.32. The maximum atomic E-state index is 14.7. The summed E-state index contributed by atoms with van der Waals surface area (Å²) < 4.78 is 34.8. The Hall–Kier alpha value is -2.42. The summed E-state index contributed by atoms with van der Waals surface area (Å²) in [5.41, 5.74) is 1.97. The zero-order valence-electron chi connectivity index (χ0n) is 15.3. The lowest BCUT2D eigenvalue weighted by Gasteiger charge is -2.11. The van der Waals surface area contributed by atoms with Crippen LogP contribution < -0.4 is 4.74 Å². The van der Waals surface area contributed by atoms with Crippen molar-refractivity contribution in [1.29, 1.82) is 0 Å². The Morgan fingerprint density at radius 2 is 1.62 bits per heavy atom.